The molecule has 0 aliphatic heterocycles. The third-order valence-corrected chi connectivity index (χ3v) is 0.167. The summed E-state index contributed by atoms with van der Waals surface area (Å²) in [4.78, 5) is 0. The van der Waals surface area contributed by atoms with Crippen molar-refractivity contribution in [2.45, 2.75) is 13.8 Å². The Morgan fingerprint density at radius 2 is 1.12 bits per heavy atom. The number of hydrogen-bond donors (Lipinski definition) is 0. The first kappa shape index (κ1) is 24.2. The van der Waals surface area contributed by atoms with Crippen LogP contribution in [0.2, 0.25) is 0 Å². The van der Waals surface area contributed by atoms with Gasteiger partial charge in [-0.25, -0.2) is 0 Å². The van der Waals surface area contributed by atoms with E-state index in [4.69, 9.17) is 0 Å². The first-order chi connectivity index (χ1) is 2.91. The first-order valence-corrected chi connectivity index (χ1v) is 2.15. The molecule has 0 nitrogen and oxygen atoms in total. The normalized spacial score (nSPS) is 5.25. The molecule has 0 rings (SSSR count). The first-order valence-electron chi connectivity index (χ1n) is 2.15. The van der Waals surface area contributed by atoms with Crippen molar-refractivity contribution < 1.29 is 21.1 Å². The van der Waals surface area contributed by atoms with E-state index in [1.807, 2.05) is 13.8 Å². The molecule has 0 atom stereocenters. The molecular formula is C7H15W-3. The summed E-state index contributed by atoms with van der Waals surface area (Å²) in [6.45, 7) is 10.7. The molecule has 0 unspecified atom stereocenters. The fraction of sp³-hybridized carbons (Fsp3) is 0.286. The van der Waals surface area contributed by atoms with Crippen LogP contribution in [-0.4, -0.2) is 0 Å². The quantitative estimate of drug-likeness (QED) is 0.600. The van der Waals surface area contributed by atoms with Crippen LogP contribution in [0.15, 0.2) is 12.2 Å². The summed E-state index contributed by atoms with van der Waals surface area (Å²) < 4.78 is 0. The summed E-state index contributed by atoms with van der Waals surface area (Å²) >= 11 is 0. The second-order valence-electron chi connectivity index (χ2n) is 0.471. The largest absolute Gasteiger partial charge is 0.382 e. The number of rotatable bonds is 0. The van der Waals surface area contributed by atoms with Gasteiger partial charge in [-0.15, -0.1) is 0 Å². The van der Waals surface area contributed by atoms with Gasteiger partial charge in [0.05, 0.1) is 0 Å². The van der Waals surface area contributed by atoms with Crippen molar-refractivity contribution in [3.8, 4) is 0 Å². The molecule has 8 heavy (non-hydrogen) atoms. The second kappa shape index (κ2) is 58.0. The molecule has 0 N–H and O–H groups in total. The van der Waals surface area contributed by atoms with Gasteiger partial charge in [0.25, 0.3) is 0 Å². The van der Waals surface area contributed by atoms with Gasteiger partial charge < -0.3 is 33.4 Å². The van der Waals surface area contributed by atoms with Crippen LogP contribution in [0, 0.1) is 21.3 Å². The Bertz CT molecular complexity index is 19.6. The van der Waals surface area contributed by atoms with Crippen LogP contribution in [0.25, 0.3) is 0 Å². The number of hydrogen-bond acceptors (Lipinski definition) is 0. The second-order valence-corrected chi connectivity index (χ2v) is 0.471. The Labute approximate surface area is 68.6 Å². The van der Waals surface area contributed by atoms with Crippen LogP contribution >= 0.6 is 0 Å². The minimum Gasteiger partial charge on any atom is -0.382 e. The van der Waals surface area contributed by atoms with Crippen molar-refractivity contribution in [3.63, 3.8) is 0 Å². The van der Waals surface area contributed by atoms with Crippen LogP contribution in [0.1, 0.15) is 13.8 Å². The van der Waals surface area contributed by atoms with Crippen molar-refractivity contribution in [3.05, 3.63) is 33.4 Å². The summed E-state index contributed by atoms with van der Waals surface area (Å²) in [7, 11) is 0. The Morgan fingerprint density at radius 1 is 1.00 bits per heavy atom. The van der Waals surface area contributed by atoms with E-state index < -0.39 is 0 Å². The van der Waals surface area contributed by atoms with Crippen LogP contribution in [0.4, 0.5) is 0 Å². The summed E-state index contributed by atoms with van der Waals surface area (Å²) in [5.74, 6) is 0. The molecule has 0 aliphatic rings. The standard InChI is InChI=1S/C4H6.C2H6.CH3.W/c1-3-4-2;1-2;;/h3-4H,1-2H2;1-2H3;1H3;/q-2;;-1;. The van der Waals surface area contributed by atoms with E-state index in [0.717, 1.165) is 0 Å². The smallest absolute Gasteiger partial charge is 0 e. The zero-order chi connectivity index (χ0) is 5.41. The van der Waals surface area contributed by atoms with E-state index in [2.05, 4.69) is 13.8 Å². The molecule has 0 fully saturated rings. The maximum atomic E-state index is 3.36. The summed E-state index contributed by atoms with van der Waals surface area (Å²) in [5, 5.41) is 0. The minimum atomic E-state index is 0. The van der Waals surface area contributed by atoms with Gasteiger partial charge in [0, 0.05) is 21.1 Å². The van der Waals surface area contributed by atoms with Crippen LogP contribution in [0.3, 0.4) is 0 Å². The molecule has 0 aliphatic carbocycles. The zero-order valence-electron chi connectivity index (χ0n) is 5.98. The maximum absolute atomic E-state index is 3.36. The SMILES string of the molecule is CC.[CH2-]C=C[CH2-].[CH3-].[W]. The Balaban J connectivity index is -0.0000000183. The molecular weight excluding hydrogens is 268 g/mol. The molecule has 0 amide bonds. The third-order valence-electron chi connectivity index (χ3n) is 0.167. The molecule has 0 bridgehead atoms. The van der Waals surface area contributed by atoms with E-state index in [1.165, 1.54) is 0 Å². The van der Waals surface area contributed by atoms with Crippen LogP contribution in [0.5, 0.6) is 0 Å². The van der Waals surface area contributed by atoms with Gasteiger partial charge in [0.1, 0.15) is 0 Å². The monoisotopic (exact) mass is 283 g/mol. The predicted octanol–water partition coefficient (Wildman–Crippen LogP) is 2.68. The van der Waals surface area contributed by atoms with Gasteiger partial charge in [0.2, 0.25) is 0 Å². The zero-order valence-corrected chi connectivity index (χ0v) is 8.91. The molecule has 52 valence electrons. The van der Waals surface area contributed by atoms with Gasteiger partial charge in [-0.1, -0.05) is 13.8 Å². The van der Waals surface area contributed by atoms with Gasteiger partial charge in [-0.2, -0.15) is 0 Å². The van der Waals surface area contributed by atoms with Crippen molar-refractivity contribution >= 4 is 0 Å². The fourth-order valence-corrected chi connectivity index (χ4v) is 0. The van der Waals surface area contributed by atoms with Crippen LogP contribution in [-0.2, 0) is 21.1 Å². The summed E-state index contributed by atoms with van der Waals surface area (Å²) in [5.41, 5.74) is 0. The average Bonchev–Trinajstić information content (AvgIpc) is 1.72. The van der Waals surface area contributed by atoms with Crippen molar-refractivity contribution in [1.29, 1.82) is 0 Å². The Hall–Kier alpha value is 0.168. The summed E-state index contributed by atoms with van der Waals surface area (Å²) in [6.07, 6.45) is 3.28. The molecule has 0 aromatic heterocycles. The minimum absolute atomic E-state index is 0. The Kier molecular flexibility index (Phi) is 175. The summed E-state index contributed by atoms with van der Waals surface area (Å²) in [6, 6.07) is 0. The number of allylic oxidation sites excluding steroid dienone is 2. The van der Waals surface area contributed by atoms with Gasteiger partial charge in [-0.05, 0) is 0 Å². The predicted molar refractivity (Wildman–Crippen MR) is 37.6 cm³/mol. The third kappa shape index (κ3) is 121. The van der Waals surface area contributed by atoms with E-state index >= 15 is 0 Å². The van der Waals surface area contributed by atoms with E-state index in [-0.39, 0.29) is 28.5 Å². The average molecular weight is 283 g/mol. The van der Waals surface area contributed by atoms with Crippen LogP contribution < -0.4 is 0 Å². The van der Waals surface area contributed by atoms with Gasteiger partial charge >= 0.3 is 0 Å². The molecule has 0 spiro atoms. The molecule has 0 saturated carbocycles. The Morgan fingerprint density at radius 3 is 1.12 bits per heavy atom. The fourth-order valence-electron chi connectivity index (χ4n) is 0. The molecule has 0 aromatic rings. The molecule has 0 radical (unpaired) electrons. The van der Waals surface area contributed by atoms with Gasteiger partial charge in [-0.3, -0.25) is 0 Å². The van der Waals surface area contributed by atoms with E-state index in [0.29, 0.717) is 0 Å². The molecule has 1 heteroatoms. The van der Waals surface area contributed by atoms with Gasteiger partial charge in [0.15, 0.2) is 0 Å². The topological polar surface area (TPSA) is 0 Å². The molecule has 0 heterocycles. The molecule has 0 aromatic carbocycles. The molecule has 0 saturated heterocycles. The van der Waals surface area contributed by atoms with Crippen molar-refractivity contribution in [2.75, 3.05) is 0 Å². The van der Waals surface area contributed by atoms with Crippen molar-refractivity contribution in [1.82, 2.24) is 0 Å². The van der Waals surface area contributed by atoms with E-state index in [1.54, 1.807) is 12.2 Å². The van der Waals surface area contributed by atoms with Crippen molar-refractivity contribution in [2.24, 2.45) is 0 Å². The maximum Gasteiger partial charge on any atom is 0 e. The van der Waals surface area contributed by atoms with E-state index in [9.17, 15) is 0 Å².